The summed E-state index contributed by atoms with van der Waals surface area (Å²) in [5.41, 5.74) is 2.29. The lowest BCUT2D eigenvalue weighted by Gasteiger charge is -2.13. The Hall–Kier alpha value is -2.14. The second kappa shape index (κ2) is 7.75. The van der Waals surface area contributed by atoms with E-state index in [4.69, 9.17) is 5.11 Å². The summed E-state index contributed by atoms with van der Waals surface area (Å²) in [6.07, 6.45) is 5.93. The van der Waals surface area contributed by atoms with Crippen molar-refractivity contribution in [3.8, 4) is 0 Å². The maximum atomic E-state index is 12.0. The minimum Gasteiger partial charge on any atom is -0.395 e. The average molecular weight is 302 g/mol. The van der Waals surface area contributed by atoms with Crippen LogP contribution < -0.4 is 5.32 Å². The lowest BCUT2D eigenvalue weighted by Crippen LogP contribution is -2.34. The van der Waals surface area contributed by atoms with E-state index in [1.807, 2.05) is 24.3 Å². The second-order valence-electron chi connectivity index (χ2n) is 5.36. The zero-order chi connectivity index (χ0) is 15.9. The van der Waals surface area contributed by atoms with Crippen molar-refractivity contribution >= 4 is 17.5 Å². The van der Waals surface area contributed by atoms with E-state index < -0.39 is 11.8 Å². The molecular weight excluding hydrogens is 280 g/mol. The van der Waals surface area contributed by atoms with Crippen molar-refractivity contribution in [2.75, 3.05) is 18.5 Å². The molecular formula is C17H22N2O3. The molecule has 2 rings (SSSR count). The Balaban J connectivity index is 1.95. The lowest BCUT2D eigenvalue weighted by atomic mass is 10.1. The first-order chi connectivity index (χ1) is 10.7. The lowest BCUT2D eigenvalue weighted by molar-refractivity contribution is -0.137. The van der Waals surface area contributed by atoms with Crippen LogP contribution in [0.4, 0.5) is 5.69 Å². The van der Waals surface area contributed by atoms with Crippen LogP contribution >= 0.6 is 0 Å². The molecule has 0 spiro atoms. The number of anilines is 1. The smallest absolute Gasteiger partial charge is 0.277 e. The maximum absolute atomic E-state index is 12.0. The van der Waals surface area contributed by atoms with Crippen molar-refractivity contribution in [3.63, 3.8) is 0 Å². The molecule has 22 heavy (non-hydrogen) atoms. The molecule has 0 saturated heterocycles. The number of aryl methyl sites for hydroxylation is 1. The predicted octanol–water partition coefficient (Wildman–Crippen LogP) is 2.08. The van der Waals surface area contributed by atoms with Crippen molar-refractivity contribution in [2.45, 2.75) is 32.6 Å². The summed E-state index contributed by atoms with van der Waals surface area (Å²) in [5, 5.41) is 11.8. The number of nitrogens with zero attached hydrogens (tertiary/aromatic N) is 1. The van der Waals surface area contributed by atoms with Crippen LogP contribution in [0.25, 0.3) is 0 Å². The fraction of sp³-hybridized carbons (Fsp3) is 0.412. The monoisotopic (exact) mass is 302 g/mol. The second-order valence-corrected chi connectivity index (χ2v) is 5.36. The molecule has 0 aromatic heterocycles. The molecule has 2 N–H and O–H groups in total. The Morgan fingerprint density at radius 2 is 1.86 bits per heavy atom. The van der Waals surface area contributed by atoms with Crippen LogP contribution in [0.1, 0.15) is 31.7 Å². The number of β-amino-alcohol motifs (C(OH)–C–C–N with tert-alkyl or cyclic N) is 1. The molecule has 1 aromatic carbocycles. The number of carbonyl (C=O) groups excluding carboxylic acids is 2. The zero-order valence-electron chi connectivity index (χ0n) is 12.8. The normalized spacial score (nSPS) is 14.5. The number of nitrogens with one attached hydrogen (secondary N) is 1. The van der Waals surface area contributed by atoms with Crippen LogP contribution in [0.3, 0.4) is 0 Å². The molecule has 2 amide bonds. The molecule has 1 heterocycles. The first-order valence-corrected chi connectivity index (χ1v) is 7.70. The molecule has 5 heteroatoms. The average Bonchev–Trinajstić information content (AvgIpc) is 2.77. The van der Waals surface area contributed by atoms with Gasteiger partial charge in [0.25, 0.3) is 11.8 Å². The van der Waals surface area contributed by atoms with Gasteiger partial charge >= 0.3 is 0 Å². The van der Waals surface area contributed by atoms with Gasteiger partial charge in [-0.1, -0.05) is 31.9 Å². The van der Waals surface area contributed by atoms with E-state index in [0.29, 0.717) is 0 Å². The minimum absolute atomic E-state index is 0.0235. The Morgan fingerprint density at radius 3 is 2.50 bits per heavy atom. The van der Waals surface area contributed by atoms with E-state index in [1.165, 1.54) is 30.9 Å². The number of aliphatic hydroxyl groups excluding tert-OH is 1. The predicted molar refractivity (Wildman–Crippen MR) is 85.2 cm³/mol. The highest BCUT2D eigenvalue weighted by atomic mass is 16.3. The third-order valence-corrected chi connectivity index (χ3v) is 3.63. The van der Waals surface area contributed by atoms with E-state index in [-0.39, 0.29) is 18.8 Å². The van der Waals surface area contributed by atoms with Crippen molar-refractivity contribution in [3.05, 3.63) is 41.6 Å². The van der Waals surface area contributed by atoms with Crippen LogP contribution in [0.5, 0.6) is 0 Å². The minimum atomic E-state index is -0.397. The molecule has 1 aliphatic rings. The molecule has 0 radical (unpaired) electrons. The van der Waals surface area contributed by atoms with Crippen LogP contribution in [-0.2, 0) is 16.0 Å². The van der Waals surface area contributed by atoms with E-state index in [9.17, 15) is 9.59 Å². The summed E-state index contributed by atoms with van der Waals surface area (Å²) in [6, 6.07) is 7.89. The molecule has 118 valence electrons. The highest BCUT2D eigenvalue weighted by Crippen LogP contribution is 2.18. The Labute approximate surface area is 130 Å². The highest BCUT2D eigenvalue weighted by Gasteiger charge is 2.30. The Bertz CT molecular complexity index is 564. The highest BCUT2D eigenvalue weighted by molar-refractivity contribution is 6.17. The number of hydrogen-bond donors (Lipinski definition) is 2. The number of rotatable bonds is 8. The van der Waals surface area contributed by atoms with E-state index in [0.717, 1.165) is 17.0 Å². The molecule has 0 bridgehead atoms. The number of imide groups is 1. The van der Waals surface area contributed by atoms with Gasteiger partial charge in [0, 0.05) is 11.8 Å². The van der Waals surface area contributed by atoms with Gasteiger partial charge in [0.1, 0.15) is 5.70 Å². The summed E-state index contributed by atoms with van der Waals surface area (Å²) in [5.74, 6) is -0.788. The van der Waals surface area contributed by atoms with E-state index in [2.05, 4.69) is 12.2 Å². The number of amides is 2. The van der Waals surface area contributed by atoms with Crippen molar-refractivity contribution < 1.29 is 14.7 Å². The summed E-state index contributed by atoms with van der Waals surface area (Å²) in [7, 11) is 0. The number of benzene rings is 1. The fourth-order valence-electron chi connectivity index (χ4n) is 2.40. The first kappa shape index (κ1) is 16.2. The molecule has 1 aromatic rings. The quantitative estimate of drug-likeness (QED) is 0.570. The Kier molecular flexibility index (Phi) is 5.72. The summed E-state index contributed by atoms with van der Waals surface area (Å²) in [6.45, 7) is 1.97. The van der Waals surface area contributed by atoms with Crippen LogP contribution in [-0.4, -0.2) is 35.0 Å². The van der Waals surface area contributed by atoms with Gasteiger partial charge in [-0.3, -0.25) is 14.5 Å². The molecule has 0 fully saturated rings. The molecule has 1 aliphatic heterocycles. The van der Waals surface area contributed by atoms with Crippen molar-refractivity contribution in [2.24, 2.45) is 0 Å². The van der Waals surface area contributed by atoms with Crippen LogP contribution in [0.15, 0.2) is 36.0 Å². The summed E-state index contributed by atoms with van der Waals surface area (Å²) >= 11 is 0. The van der Waals surface area contributed by atoms with Gasteiger partial charge < -0.3 is 10.4 Å². The van der Waals surface area contributed by atoms with E-state index >= 15 is 0 Å². The number of aliphatic hydroxyl groups is 1. The van der Waals surface area contributed by atoms with Crippen LogP contribution in [0.2, 0.25) is 0 Å². The summed E-state index contributed by atoms with van der Waals surface area (Å²) < 4.78 is 0. The standard InChI is InChI=1S/C17H22N2O3/c1-2-3-4-5-13-6-8-14(9-7-13)18-15-12-16(21)19(10-11-20)17(15)22/h6-9,12,18,20H,2-5,10-11H2,1H3. The van der Waals surface area contributed by atoms with E-state index in [1.54, 1.807) is 0 Å². The third-order valence-electron chi connectivity index (χ3n) is 3.63. The molecule has 0 atom stereocenters. The topological polar surface area (TPSA) is 69.6 Å². The van der Waals surface area contributed by atoms with Crippen molar-refractivity contribution in [1.29, 1.82) is 0 Å². The SMILES string of the molecule is CCCCCc1ccc(NC2=CC(=O)N(CCO)C2=O)cc1. The third kappa shape index (κ3) is 3.95. The number of unbranched alkanes of at least 4 members (excludes halogenated alkanes) is 2. The molecule has 5 nitrogen and oxygen atoms in total. The zero-order valence-corrected chi connectivity index (χ0v) is 12.8. The van der Waals surface area contributed by atoms with Gasteiger partial charge in [0.2, 0.25) is 0 Å². The maximum Gasteiger partial charge on any atom is 0.277 e. The summed E-state index contributed by atoms with van der Waals surface area (Å²) in [4.78, 5) is 24.7. The largest absolute Gasteiger partial charge is 0.395 e. The molecule has 0 aliphatic carbocycles. The van der Waals surface area contributed by atoms with Crippen molar-refractivity contribution in [1.82, 2.24) is 4.90 Å². The number of hydrogen-bond acceptors (Lipinski definition) is 4. The van der Waals surface area contributed by atoms with Gasteiger partial charge in [0.15, 0.2) is 0 Å². The van der Waals surface area contributed by atoms with Gasteiger partial charge in [0.05, 0.1) is 13.2 Å². The van der Waals surface area contributed by atoms with Gasteiger partial charge in [-0.25, -0.2) is 0 Å². The molecule has 0 unspecified atom stereocenters. The molecule has 0 saturated carbocycles. The number of carbonyl (C=O) groups is 2. The van der Waals surface area contributed by atoms with Gasteiger partial charge in [-0.15, -0.1) is 0 Å². The van der Waals surface area contributed by atoms with Gasteiger partial charge in [-0.2, -0.15) is 0 Å². The fourth-order valence-corrected chi connectivity index (χ4v) is 2.40. The Morgan fingerprint density at radius 1 is 1.14 bits per heavy atom. The van der Waals surface area contributed by atoms with Crippen LogP contribution in [0, 0.1) is 0 Å². The van der Waals surface area contributed by atoms with Gasteiger partial charge in [-0.05, 0) is 30.5 Å². The first-order valence-electron chi connectivity index (χ1n) is 7.70.